The Hall–Kier alpha value is -4.67. The van der Waals surface area contributed by atoms with Gasteiger partial charge >= 0.3 is 6.09 Å². The smallest absolute Gasteiger partial charge is 0.410 e. The number of pyridine rings is 1. The van der Waals surface area contributed by atoms with Gasteiger partial charge in [0.15, 0.2) is 5.65 Å². The highest BCUT2D eigenvalue weighted by Crippen LogP contribution is 2.38. The number of aromatic amines is 1. The zero-order chi connectivity index (χ0) is 34.6. The van der Waals surface area contributed by atoms with E-state index in [2.05, 4.69) is 52.1 Å². The molecule has 2 atom stereocenters. The first-order chi connectivity index (χ1) is 23.3. The molecule has 0 bridgehead atoms. The average molecular weight is 678 g/mol. The molecule has 2 aromatic carbocycles. The van der Waals surface area contributed by atoms with Crippen molar-refractivity contribution in [3.63, 3.8) is 0 Å². The maximum absolute atomic E-state index is 14.2. The Morgan fingerprint density at radius 2 is 1.76 bits per heavy atom. The number of nitrogens with one attached hydrogen (secondary N) is 1. The standard InChI is InChI=1S/C39H43N5O4S/c1-27-25-42(19-20-43(27)37(45)48-38(2,3)4)26-28-8-10-29(11-9-28)34-22-32-15-18-44(36(32)41-24-34)49(46,47)39(5)16-6-7-33(23-39)30-12-13-35-31(21-30)14-17-40-35/h6-18,21-22,24,27,40H,19-20,23,25-26H2,1-5H3. The highest BCUT2D eigenvalue weighted by Gasteiger charge is 2.41. The minimum Gasteiger partial charge on any atom is -0.444 e. The topological polar surface area (TPSA) is 101 Å². The lowest BCUT2D eigenvalue weighted by atomic mass is 9.90. The van der Waals surface area contributed by atoms with Crippen molar-refractivity contribution in [2.75, 3.05) is 19.6 Å². The number of benzene rings is 2. The number of hydrogen-bond acceptors (Lipinski definition) is 6. The number of aromatic nitrogens is 3. The van der Waals surface area contributed by atoms with Crippen molar-refractivity contribution < 1.29 is 17.9 Å². The van der Waals surface area contributed by atoms with Crippen LogP contribution in [0.4, 0.5) is 4.79 Å². The minimum atomic E-state index is -3.85. The third-order valence-corrected chi connectivity index (χ3v) is 11.9. The van der Waals surface area contributed by atoms with Crippen LogP contribution in [-0.2, 0) is 21.3 Å². The van der Waals surface area contributed by atoms with E-state index in [0.717, 1.165) is 58.2 Å². The Balaban J connectivity index is 1.04. The fourth-order valence-electron chi connectivity index (χ4n) is 6.90. The minimum absolute atomic E-state index is 0.0619. The molecule has 49 heavy (non-hydrogen) atoms. The lowest BCUT2D eigenvalue weighted by Gasteiger charge is -2.40. The third kappa shape index (κ3) is 6.43. The number of H-pyrrole nitrogens is 1. The van der Waals surface area contributed by atoms with E-state index in [-0.39, 0.29) is 12.1 Å². The second kappa shape index (κ2) is 12.3. The van der Waals surface area contributed by atoms with Gasteiger partial charge in [0.05, 0.1) is 0 Å². The molecule has 1 N–H and O–H groups in total. The van der Waals surface area contributed by atoms with E-state index in [0.29, 0.717) is 18.6 Å². The Labute approximate surface area is 287 Å². The molecule has 10 heteroatoms. The number of hydrogen-bond donors (Lipinski definition) is 1. The molecule has 4 heterocycles. The molecule has 1 saturated heterocycles. The van der Waals surface area contributed by atoms with Crippen LogP contribution in [0, 0.1) is 0 Å². The van der Waals surface area contributed by atoms with Crippen LogP contribution >= 0.6 is 0 Å². The van der Waals surface area contributed by atoms with E-state index < -0.39 is 20.4 Å². The van der Waals surface area contributed by atoms with E-state index >= 15 is 0 Å². The van der Waals surface area contributed by atoms with Crippen LogP contribution in [-0.4, -0.2) is 74.3 Å². The van der Waals surface area contributed by atoms with Crippen molar-refractivity contribution in [3.8, 4) is 11.1 Å². The molecule has 0 spiro atoms. The van der Waals surface area contributed by atoms with E-state index in [1.54, 1.807) is 25.4 Å². The molecule has 1 fully saturated rings. The van der Waals surface area contributed by atoms with Crippen LogP contribution in [0.1, 0.15) is 52.2 Å². The van der Waals surface area contributed by atoms with Crippen LogP contribution in [0.25, 0.3) is 38.6 Å². The Bertz CT molecular complexity index is 2210. The first-order valence-corrected chi connectivity index (χ1v) is 18.2. The fourth-order valence-corrected chi connectivity index (χ4v) is 8.54. The number of amides is 1. The first-order valence-electron chi connectivity index (χ1n) is 16.8. The molecule has 0 saturated carbocycles. The van der Waals surface area contributed by atoms with Gasteiger partial charge in [0.2, 0.25) is 10.0 Å². The number of carbonyl (C=O) groups excluding carboxylic acids is 1. The molecule has 2 aliphatic rings. The summed E-state index contributed by atoms with van der Waals surface area (Å²) in [5, 5.41) is 1.85. The predicted octanol–water partition coefficient (Wildman–Crippen LogP) is 7.61. The first kappa shape index (κ1) is 32.9. The van der Waals surface area contributed by atoms with Gasteiger partial charge in [-0.3, -0.25) is 4.90 Å². The lowest BCUT2D eigenvalue weighted by Crippen LogP contribution is -2.54. The number of piperazine rings is 1. The Kier molecular flexibility index (Phi) is 8.27. The van der Waals surface area contributed by atoms with Gasteiger partial charge in [-0.2, -0.15) is 0 Å². The summed E-state index contributed by atoms with van der Waals surface area (Å²) in [5.41, 5.74) is 6.06. The number of ether oxygens (including phenoxy) is 1. The monoisotopic (exact) mass is 677 g/mol. The van der Waals surface area contributed by atoms with Gasteiger partial charge in [-0.1, -0.05) is 48.6 Å². The average Bonchev–Trinajstić information content (AvgIpc) is 3.71. The van der Waals surface area contributed by atoms with Crippen molar-refractivity contribution in [1.82, 2.24) is 23.7 Å². The van der Waals surface area contributed by atoms with Gasteiger partial charge in [-0.15, -0.1) is 0 Å². The molecule has 2 unspecified atom stereocenters. The van der Waals surface area contributed by atoms with Gasteiger partial charge in [0.1, 0.15) is 10.3 Å². The quantitative estimate of drug-likeness (QED) is 0.199. The summed E-state index contributed by atoms with van der Waals surface area (Å²) in [6.45, 7) is 12.5. The van der Waals surface area contributed by atoms with Crippen molar-refractivity contribution in [3.05, 3.63) is 109 Å². The molecule has 254 valence electrons. The summed E-state index contributed by atoms with van der Waals surface area (Å²) in [4.78, 5) is 24.7. The molecule has 1 aliphatic carbocycles. The predicted molar refractivity (Wildman–Crippen MR) is 196 cm³/mol. The van der Waals surface area contributed by atoms with E-state index in [1.807, 2.05) is 74.4 Å². The largest absolute Gasteiger partial charge is 0.444 e. The Morgan fingerprint density at radius 1 is 1.00 bits per heavy atom. The molecule has 5 aromatic rings. The Morgan fingerprint density at radius 3 is 2.51 bits per heavy atom. The third-order valence-electron chi connectivity index (χ3n) is 9.59. The van der Waals surface area contributed by atoms with Crippen LogP contribution in [0.2, 0.25) is 0 Å². The van der Waals surface area contributed by atoms with E-state index in [1.165, 1.54) is 9.54 Å². The van der Waals surface area contributed by atoms with Gasteiger partial charge < -0.3 is 14.6 Å². The summed E-state index contributed by atoms with van der Waals surface area (Å²) in [6, 6.07) is 20.5. The zero-order valence-electron chi connectivity index (χ0n) is 28.7. The molecule has 1 aliphatic heterocycles. The number of fused-ring (bicyclic) bond motifs is 2. The highest BCUT2D eigenvalue weighted by atomic mass is 32.2. The summed E-state index contributed by atoms with van der Waals surface area (Å²) in [5.74, 6) is 0. The normalized spacial score (nSPS) is 20.6. The number of rotatable bonds is 6. The summed E-state index contributed by atoms with van der Waals surface area (Å²) in [6.07, 6.45) is 11.0. The number of allylic oxidation sites excluding steroid dienone is 3. The lowest BCUT2D eigenvalue weighted by molar-refractivity contribution is 0.000556. The molecule has 9 nitrogen and oxygen atoms in total. The summed E-state index contributed by atoms with van der Waals surface area (Å²) >= 11 is 0. The second-order valence-electron chi connectivity index (χ2n) is 14.5. The summed E-state index contributed by atoms with van der Waals surface area (Å²) < 4.78 is 34.2. The maximum atomic E-state index is 14.2. The molecular weight excluding hydrogens is 635 g/mol. The van der Waals surface area contributed by atoms with Crippen molar-refractivity contribution in [2.24, 2.45) is 0 Å². The fraction of sp³-hybridized carbons (Fsp3) is 0.333. The van der Waals surface area contributed by atoms with Gasteiger partial charge in [0.25, 0.3) is 0 Å². The van der Waals surface area contributed by atoms with Gasteiger partial charge in [-0.25, -0.2) is 22.2 Å². The van der Waals surface area contributed by atoms with Crippen molar-refractivity contribution in [2.45, 2.75) is 64.0 Å². The van der Waals surface area contributed by atoms with Gasteiger partial charge in [0, 0.05) is 67.3 Å². The summed E-state index contributed by atoms with van der Waals surface area (Å²) in [7, 11) is -3.85. The van der Waals surface area contributed by atoms with Crippen LogP contribution < -0.4 is 0 Å². The zero-order valence-corrected chi connectivity index (χ0v) is 29.5. The van der Waals surface area contributed by atoms with Crippen LogP contribution in [0.15, 0.2) is 97.5 Å². The van der Waals surface area contributed by atoms with Gasteiger partial charge in [-0.05, 0) is 99.0 Å². The number of nitrogens with zero attached hydrogens (tertiary/aromatic N) is 4. The molecule has 7 rings (SSSR count). The number of carbonyl (C=O) groups is 1. The second-order valence-corrected chi connectivity index (χ2v) is 16.8. The maximum Gasteiger partial charge on any atom is 0.410 e. The highest BCUT2D eigenvalue weighted by molar-refractivity contribution is 7.91. The molecular formula is C39H43N5O4S. The van der Waals surface area contributed by atoms with Crippen molar-refractivity contribution >= 4 is 43.6 Å². The molecule has 1 amide bonds. The van der Waals surface area contributed by atoms with E-state index in [9.17, 15) is 13.2 Å². The van der Waals surface area contributed by atoms with Crippen molar-refractivity contribution in [1.29, 1.82) is 0 Å². The SMILES string of the molecule is CC1CN(Cc2ccc(-c3cnc4c(ccn4S(=O)(=O)C4(C)C=CC=C(c5ccc6[nH]ccc6c5)C4)c3)cc2)CCN1C(=O)OC(C)(C)C. The van der Waals surface area contributed by atoms with Crippen LogP contribution in [0.3, 0.4) is 0 Å². The van der Waals surface area contributed by atoms with E-state index in [4.69, 9.17) is 4.74 Å². The molecule has 0 radical (unpaired) electrons. The molecule has 3 aromatic heterocycles. The van der Waals surface area contributed by atoms with Crippen LogP contribution in [0.5, 0.6) is 0 Å².